The number of hydrogen-bond donors (Lipinski definition) is 0. The highest BCUT2D eigenvalue weighted by atomic mass is 16.3. The molecule has 2 heterocycles. The minimum absolute atomic E-state index is 0.550. The van der Waals surface area contributed by atoms with Gasteiger partial charge in [0.1, 0.15) is 11.2 Å². The summed E-state index contributed by atoms with van der Waals surface area (Å²) in [5.74, 6) is 1.78. The number of nitrogens with zero attached hydrogens (tertiary/aromatic N) is 3. The second kappa shape index (κ2) is 15.0. The summed E-state index contributed by atoms with van der Waals surface area (Å²) in [4.78, 5) is 16.2. The lowest BCUT2D eigenvalue weighted by Gasteiger charge is -2.33. The monoisotopic (exact) mass is 865 g/mol. The molecule has 0 saturated carbocycles. The number of furan rings is 1. The Labute approximate surface area is 392 Å². The Morgan fingerprint density at radius 3 is 1.63 bits per heavy atom. The molecule has 4 heteroatoms. The van der Waals surface area contributed by atoms with Crippen molar-refractivity contribution in [2.75, 3.05) is 0 Å². The molecule has 14 rings (SSSR count). The van der Waals surface area contributed by atoms with E-state index in [1.165, 1.54) is 54.9 Å². The molecule has 0 unspecified atom stereocenters. The maximum Gasteiger partial charge on any atom is 0.164 e. The molecule has 4 nitrogen and oxygen atoms in total. The van der Waals surface area contributed by atoms with Gasteiger partial charge < -0.3 is 4.42 Å². The summed E-state index contributed by atoms with van der Waals surface area (Å²) in [5.41, 5.74) is 13.2. The molecule has 0 fully saturated rings. The Balaban J connectivity index is 1.03. The minimum atomic E-state index is -0.550. The van der Waals surface area contributed by atoms with Crippen LogP contribution in [0.5, 0.6) is 0 Å². The fourth-order valence-electron chi connectivity index (χ4n) is 11.2. The first kappa shape index (κ1) is 38.3. The second-order valence-corrected chi connectivity index (χ2v) is 17.8. The molecule has 1 aliphatic rings. The summed E-state index contributed by atoms with van der Waals surface area (Å²) in [6.45, 7) is 0. The van der Waals surface area contributed by atoms with Crippen LogP contribution < -0.4 is 0 Å². The summed E-state index contributed by atoms with van der Waals surface area (Å²) in [5, 5.41) is 9.14. The van der Waals surface area contributed by atoms with Crippen LogP contribution in [-0.2, 0) is 5.41 Å². The van der Waals surface area contributed by atoms with Gasteiger partial charge in [-0.3, -0.25) is 0 Å². The van der Waals surface area contributed by atoms with Gasteiger partial charge in [0, 0.05) is 27.5 Å². The second-order valence-electron chi connectivity index (χ2n) is 17.8. The fourth-order valence-corrected chi connectivity index (χ4v) is 11.2. The van der Waals surface area contributed by atoms with Crippen LogP contribution in [-0.4, -0.2) is 15.0 Å². The molecule has 0 N–H and O–H groups in total. The molecule has 316 valence electrons. The first-order chi connectivity index (χ1) is 33.7. The van der Waals surface area contributed by atoms with Crippen molar-refractivity contribution < 1.29 is 4.42 Å². The van der Waals surface area contributed by atoms with Crippen LogP contribution in [0.25, 0.3) is 111 Å². The smallest absolute Gasteiger partial charge is 0.164 e. The van der Waals surface area contributed by atoms with Crippen molar-refractivity contribution in [2.45, 2.75) is 5.41 Å². The minimum Gasteiger partial charge on any atom is -0.456 e. The first-order valence-electron chi connectivity index (χ1n) is 23.2. The van der Waals surface area contributed by atoms with Gasteiger partial charge in [0.2, 0.25) is 0 Å². The first-order valence-corrected chi connectivity index (χ1v) is 23.2. The van der Waals surface area contributed by atoms with Crippen LogP contribution in [0.1, 0.15) is 22.3 Å². The molecule has 0 atom stereocenters. The van der Waals surface area contributed by atoms with Gasteiger partial charge in [0.25, 0.3) is 0 Å². The van der Waals surface area contributed by atoms with Gasteiger partial charge in [-0.15, -0.1) is 0 Å². The predicted octanol–water partition coefficient (Wildman–Crippen LogP) is 16.3. The molecular weight excluding hydrogens is 827 g/mol. The third kappa shape index (κ3) is 5.71. The van der Waals surface area contributed by atoms with E-state index in [9.17, 15) is 0 Å². The van der Waals surface area contributed by atoms with Crippen molar-refractivity contribution in [3.63, 3.8) is 0 Å². The number of benzene rings is 11. The molecule has 0 bridgehead atoms. The van der Waals surface area contributed by atoms with Crippen LogP contribution in [0.2, 0.25) is 0 Å². The predicted molar refractivity (Wildman–Crippen MR) is 279 cm³/mol. The Kier molecular flexibility index (Phi) is 8.46. The van der Waals surface area contributed by atoms with Crippen LogP contribution >= 0.6 is 0 Å². The largest absolute Gasteiger partial charge is 0.456 e. The highest BCUT2D eigenvalue weighted by molar-refractivity contribution is 6.21. The van der Waals surface area contributed by atoms with Crippen molar-refractivity contribution in [1.82, 2.24) is 15.0 Å². The average Bonchev–Trinajstić information content (AvgIpc) is 3.93. The number of fused-ring (bicyclic) bond motifs is 11. The molecule has 1 aliphatic carbocycles. The Morgan fingerprint density at radius 2 is 0.868 bits per heavy atom. The highest BCUT2D eigenvalue weighted by Crippen LogP contribution is 2.57. The summed E-state index contributed by atoms with van der Waals surface area (Å²) in [6, 6.07) is 84.5. The Hall–Kier alpha value is -8.99. The Bertz CT molecular complexity index is 4100. The zero-order chi connectivity index (χ0) is 44.8. The zero-order valence-corrected chi connectivity index (χ0v) is 36.8. The van der Waals surface area contributed by atoms with Crippen molar-refractivity contribution >= 4 is 54.3 Å². The van der Waals surface area contributed by atoms with Gasteiger partial charge in [-0.1, -0.05) is 212 Å². The van der Waals surface area contributed by atoms with Crippen LogP contribution in [0.4, 0.5) is 0 Å². The average molecular weight is 866 g/mol. The fraction of sp³-hybridized carbons (Fsp3) is 0.0156. The molecule has 11 aromatic carbocycles. The van der Waals surface area contributed by atoms with E-state index < -0.39 is 5.41 Å². The molecule has 68 heavy (non-hydrogen) atoms. The van der Waals surface area contributed by atoms with E-state index in [4.69, 9.17) is 19.4 Å². The Morgan fingerprint density at radius 1 is 0.294 bits per heavy atom. The quantitative estimate of drug-likeness (QED) is 0.156. The van der Waals surface area contributed by atoms with E-state index in [-0.39, 0.29) is 0 Å². The van der Waals surface area contributed by atoms with Gasteiger partial charge in [-0.05, 0) is 101 Å². The van der Waals surface area contributed by atoms with E-state index in [2.05, 4.69) is 231 Å². The number of hydrogen-bond acceptors (Lipinski definition) is 4. The molecule has 2 aromatic heterocycles. The third-order valence-electron chi connectivity index (χ3n) is 14.2. The maximum absolute atomic E-state index is 6.96. The topological polar surface area (TPSA) is 51.8 Å². The SMILES string of the molecule is c1ccc(-c2ccccc2-c2nc(-c3ccc4ccc5ccc6ccccc6c5c4c3)nc(-c3cccc4oc5cc6c(cc5c34)-c3ccccc3C6(c3ccccc3)c3ccccc3)n2)cc1. The molecule has 0 saturated heterocycles. The molecule has 0 amide bonds. The molecular formula is C64H39N3O. The van der Waals surface area contributed by atoms with Gasteiger partial charge in [0.15, 0.2) is 17.5 Å². The molecule has 0 aliphatic heterocycles. The van der Waals surface area contributed by atoms with E-state index in [1.807, 2.05) is 6.07 Å². The third-order valence-corrected chi connectivity index (χ3v) is 14.2. The lowest BCUT2D eigenvalue weighted by molar-refractivity contribution is 0.666. The van der Waals surface area contributed by atoms with Gasteiger partial charge in [-0.2, -0.15) is 0 Å². The summed E-state index contributed by atoms with van der Waals surface area (Å²) in [6.07, 6.45) is 0. The van der Waals surface area contributed by atoms with Gasteiger partial charge >= 0.3 is 0 Å². The normalized spacial score (nSPS) is 12.8. The van der Waals surface area contributed by atoms with Crippen LogP contribution in [0.3, 0.4) is 0 Å². The van der Waals surface area contributed by atoms with E-state index in [0.717, 1.165) is 60.5 Å². The molecule has 13 aromatic rings. The highest BCUT2D eigenvalue weighted by Gasteiger charge is 2.46. The van der Waals surface area contributed by atoms with Crippen molar-refractivity contribution in [1.29, 1.82) is 0 Å². The lowest BCUT2D eigenvalue weighted by Crippen LogP contribution is -2.28. The van der Waals surface area contributed by atoms with E-state index >= 15 is 0 Å². The standard InChI is InChI=1S/C64H39N3O/c1-4-17-40(18-5-1)47-24-12-13-27-50(47)62-65-61(44-36-33-42-32-35-43-34-31-41-19-10-11-25-48(41)59(43)52(42)37-44)66-63(67-62)51-28-16-30-57-60(51)54-38-53-49-26-14-15-29-55(49)64(45-20-6-2-7-21-45,46-22-8-3-9-23-46)56(53)39-58(54)68-57/h1-39H. The lowest BCUT2D eigenvalue weighted by atomic mass is 9.67. The van der Waals surface area contributed by atoms with E-state index in [1.54, 1.807) is 0 Å². The maximum atomic E-state index is 6.96. The van der Waals surface area contributed by atoms with Crippen molar-refractivity contribution in [2.24, 2.45) is 0 Å². The summed E-state index contributed by atoms with van der Waals surface area (Å²) in [7, 11) is 0. The summed E-state index contributed by atoms with van der Waals surface area (Å²) >= 11 is 0. The number of aromatic nitrogens is 3. The zero-order valence-electron chi connectivity index (χ0n) is 36.8. The summed E-state index contributed by atoms with van der Waals surface area (Å²) < 4.78 is 6.96. The number of rotatable bonds is 6. The van der Waals surface area contributed by atoms with Crippen LogP contribution in [0.15, 0.2) is 241 Å². The van der Waals surface area contributed by atoms with Gasteiger partial charge in [0.05, 0.1) is 5.41 Å². The van der Waals surface area contributed by atoms with E-state index in [0.29, 0.717) is 17.5 Å². The van der Waals surface area contributed by atoms with Crippen LogP contribution in [0, 0.1) is 0 Å². The molecule has 0 spiro atoms. The van der Waals surface area contributed by atoms with Crippen molar-refractivity contribution in [3.05, 3.63) is 259 Å². The van der Waals surface area contributed by atoms with Gasteiger partial charge in [-0.25, -0.2) is 15.0 Å². The molecule has 0 radical (unpaired) electrons. The van der Waals surface area contributed by atoms with Crippen molar-refractivity contribution in [3.8, 4) is 56.4 Å².